The first-order valence-corrected chi connectivity index (χ1v) is 6.34. The molecule has 0 saturated carbocycles. The quantitative estimate of drug-likeness (QED) is 0.553. The Morgan fingerprint density at radius 3 is 2.78 bits per heavy atom. The number of benzene rings is 1. The third kappa shape index (κ3) is 2.50. The number of carbonyl (C=O) groups is 1. The minimum Gasteiger partial charge on any atom is -0.477 e. The number of aromatic nitrogens is 3. The number of H-pyrrole nitrogens is 1. The minimum absolute atomic E-state index is 0.0640. The second kappa shape index (κ2) is 5.30. The largest absolute Gasteiger partial charge is 0.477 e. The number of nitro groups is 1. The number of non-ortho nitro benzene ring substituents is 1. The molecule has 0 amide bonds. The van der Waals surface area contributed by atoms with E-state index < -0.39 is 16.6 Å². The predicted molar refractivity (Wildman–Crippen MR) is 79.2 cm³/mol. The molecule has 9 nitrogen and oxygen atoms in total. The average molecular weight is 312 g/mol. The molecule has 0 spiro atoms. The molecule has 0 unspecified atom stereocenters. The van der Waals surface area contributed by atoms with Crippen molar-refractivity contribution in [2.75, 3.05) is 0 Å². The normalized spacial score (nSPS) is 10.6. The molecule has 23 heavy (non-hydrogen) atoms. The van der Waals surface area contributed by atoms with Crippen LogP contribution >= 0.6 is 0 Å². The Labute approximate surface area is 127 Å². The first-order chi connectivity index (χ1) is 11.0. The molecule has 3 aromatic rings. The fourth-order valence-corrected chi connectivity index (χ4v) is 2.22. The Morgan fingerprint density at radius 2 is 2.09 bits per heavy atom. The Morgan fingerprint density at radius 1 is 1.30 bits per heavy atom. The number of pyridine rings is 1. The maximum absolute atomic E-state index is 11.6. The standard InChI is InChI=1S/C14H8N4O5/c19-13(20)12-9-4-5-15-10(11(9)16-14(21)17-12)7-2-1-3-8(6-7)18(22)23/h1-6H,(H,19,20)(H,16,17,21). The van der Waals surface area contributed by atoms with E-state index in [0.717, 1.165) is 0 Å². The lowest BCUT2D eigenvalue weighted by Gasteiger charge is -2.06. The first-order valence-electron chi connectivity index (χ1n) is 6.34. The van der Waals surface area contributed by atoms with Crippen LogP contribution in [0.15, 0.2) is 41.3 Å². The van der Waals surface area contributed by atoms with Crippen LogP contribution in [0.5, 0.6) is 0 Å². The van der Waals surface area contributed by atoms with Crippen molar-refractivity contribution >= 4 is 22.6 Å². The SMILES string of the molecule is O=C(O)c1[nH]c(=O)nc2c(-c3cccc([N+](=O)[O-])c3)nccc12. The third-order valence-corrected chi connectivity index (χ3v) is 3.18. The summed E-state index contributed by atoms with van der Waals surface area (Å²) in [5.41, 5.74) is -0.679. The Bertz CT molecular complexity index is 1010. The van der Waals surface area contributed by atoms with E-state index in [-0.39, 0.29) is 28.0 Å². The van der Waals surface area contributed by atoms with Crippen LogP contribution < -0.4 is 5.69 Å². The molecule has 3 rings (SSSR count). The van der Waals surface area contributed by atoms with Gasteiger partial charge in [0.05, 0.1) is 10.6 Å². The highest BCUT2D eigenvalue weighted by Crippen LogP contribution is 2.27. The van der Waals surface area contributed by atoms with Gasteiger partial charge < -0.3 is 5.11 Å². The van der Waals surface area contributed by atoms with Crippen molar-refractivity contribution in [1.82, 2.24) is 15.0 Å². The van der Waals surface area contributed by atoms with Crippen molar-refractivity contribution in [2.45, 2.75) is 0 Å². The van der Waals surface area contributed by atoms with E-state index >= 15 is 0 Å². The second-order valence-electron chi connectivity index (χ2n) is 4.59. The second-order valence-corrected chi connectivity index (χ2v) is 4.59. The summed E-state index contributed by atoms with van der Waals surface area (Å²) in [4.78, 5) is 43.2. The van der Waals surface area contributed by atoms with Gasteiger partial charge >= 0.3 is 11.7 Å². The third-order valence-electron chi connectivity index (χ3n) is 3.18. The highest BCUT2D eigenvalue weighted by Gasteiger charge is 2.17. The number of aromatic amines is 1. The molecule has 0 aliphatic carbocycles. The number of nitrogens with one attached hydrogen (secondary N) is 1. The number of aromatic carboxylic acids is 1. The van der Waals surface area contributed by atoms with Crippen LogP contribution in [-0.4, -0.2) is 31.0 Å². The Balaban J connectivity index is 2.35. The zero-order chi connectivity index (χ0) is 16.6. The molecule has 0 atom stereocenters. The van der Waals surface area contributed by atoms with Gasteiger partial charge in [0, 0.05) is 29.3 Å². The highest BCUT2D eigenvalue weighted by molar-refractivity contribution is 6.03. The van der Waals surface area contributed by atoms with E-state index in [2.05, 4.69) is 15.0 Å². The fraction of sp³-hybridized carbons (Fsp3) is 0. The van der Waals surface area contributed by atoms with Gasteiger partial charge in [-0.3, -0.25) is 20.1 Å². The van der Waals surface area contributed by atoms with Gasteiger partial charge in [0.1, 0.15) is 11.2 Å². The van der Waals surface area contributed by atoms with Gasteiger partial charge in [-0.05, 0) is 6.07 Å². The number of hydrogen-bond donors (Lipinski definition) is 2. The minimum atomic E-state index is -1.31. The molecule has 0 radical (unpaired) electrons. The van der Waals surface area contributed by atoms with Gasteiger partial charge in [-0.25, -0.2) is 9.59 Å². The van der Waals surface area contributed by atoms with E-state index in [1.807, 2.05) is 0 Å². The summed E-state index contributed by atoms with van der Waals surface area (Å²) >= 11 is 0. The number of carboxylic acids is 1. The molecule has 1 aromatic carbocycles. The van der Waals surface area contributed by atoms with Crippen LogP contribution in [0.1, 0.15) is 10.5 Å². The van der Waals surface area contributed by atoms with E-state index in [0.29, 0.717) is 5.56 Å². The fourth-order valence-electron chi connectivity index (χ4n) is 2.22. The molecule has 9 heteroatoms. The summed E-state index contributed by atoms with van der Waals surface area (Å²) in [7, 11) is 0. The predicted octanol–water partition coefficient (Wildman–Crippen LogP) is 1.59. The summed E-state index contributed by atoms with van der Waals surface area (Å²) < 4.78 is 0. The van der Waals surface area contributed by atoms with Crippen LogP contribution in [0.3, 0.4) is 0 Å². The number of nitro benzene ring substituents is 1. The van der Waals surface area contributed by atoms with Gasteiger partial charge in [-0.1, -0.05) is 12.1 Å². The Kier molecular flexibility index (Phi) is 3.30. The lowest BCUT2D eigenvalue weighted by atomic mass is 10.1. The smallest absolute Gasteiger partial charge is 0.353 e. The van der Waals surface area contributed by atoms with E-state index in [9.17, 15) is 24.8 Å². The number of hydrogen-bond acceptors (Lipinski definition) is 6. The summed E-state index contributed by atoms with van der Waals surface area (Å²) in [6, 6.07) is 7.04. The molecule has 0 bridgehead atoms. The Hall–Kier alpha value is -3.62. The van der Waals surface area contributed by atoms with Gasteiger partial charge in [0.2, 0.25) is 0 Å². The number of fused-ring (bicyclic) bond motifs is 1. The van der Waals surface area contributed by atoms with Gasteiger partial charge in [0.25, 0.3) is 5.69 Å². The monoisotopic (exact) mass is 312 g/mol. The van der Waals surface area contributed by atoms with Crippen molar-refractivity contribution in [3.8, 4) is 11.3 Å². The zero-order valence-electron chi connectivity index (χ0n) is 11.4. The van der Waals surface area contributed by atoms with Crippen molar-refractivity contribution in [3.63, 3.8) is 0 Å². The average Bonchev–Trinajstić information content (AvgIpc) is 2.53. The van der Waals surface area contributed by atoms with Crippen molar-refractivity contribution in [1.29, 1.82) is 0 Å². The molecule has 2 N–H and O–H groups in total. The van der Waals surface area contributed by atoms with Gasteiger partial charge in [-0.2, -0.15) is 4.98 Å². The molecular formula is C14H8N4O5. The van der Waals surface area contributed by atoms with Crippen LogP contribution in [-0.2, 0) is 0 Å². The zero-order valence-corrected chi connectivity index (χ0v) is 11.4. The van der Waals surface area contributed by atoms with Crippen LogP contribution in [0.2, 0.25) is 0 Å². The summed E-state index contributed by atoms with van der Waals surface area (Å²) in [5, 5.41) is 20.2. The molecule has 0 aliphatic rings. The maximum Gasteiger partial charge on any atom is 0.353 e. The van der Waals surface area contributed by atoms with E-state index in [1.54, 1.807) is 6.07 Å². The van der Waals surface area contributed by atoms with Crippen molar-refractivity contribution in [3.05, 3.63) is 62.8 Å². The number of rotatable bonds is 3. The maximum atomic E-state index is 11.6. The van der Waals surface area contributed by atoms with E-state index in [4.69, 9.17) is 0 Å². The summed E-state index contributed by atoms with van der Waals surface area (Å²) in [6.07, 6.45) is 1.35. The van der Waals surface area contributed by atoms with Crippen LogP contribution in [0.25, 0.3) is 22.2 Å². The molecular weight excluding hydrogens is 304 g/mol. The molecule has 0 aliphatic heterocycles. The van der Waals surface area contributed by atoms with E-state index in [1.165, 1.54) is 30.5 Å². The highest BCUT2D eigenvalue weighted by atomic mass is 16.6. The first kappa shape index (κ1) is 14.3. The van der Waals surface area contributed by atoms with Crippen LogP contribution in [0.4, 0.5) is 5.69 Å². The lowest BCUT2D eigenvalue weighted by Crippen LogP contribution is -2.17. The summed E-state index contributed by atoms with van der Waals surface area (Å²) in [5.74, 6) is -1.31. The van der Waals surface area contributed by atoms with Gasteiger partial charge in [0.15, 0.2) is 0 Å². The van der Waals surface area contributed by atoms with Crippen molar-refractivity contribution < 1.29 is 14.8 Å². The summed E-state index contributed by atoms with van der Waals surface area (Å²) in [6.45, 7) is 0. The number of carboxylic acid groups (broad SMARTS) is 1. The molecule has 0 saturated heterocycles. The molecule has 2 heterocycles. The molecule has 2 aromatic heterocycles. The molecule has 0 fully saturated rings. The number of nitrogens with zero attached hydrogens (tertiary/aromatic N) is 3. The van der Waals surface area contributed by atoms with Gasteiger partial charge in [-0.15, -0.1) is 0 Å². The topological polar surface area (TPSA) is 139 Å². The van der Waals surface area contributed by atoms with Crippen molar-refractivity contribution in [2.24, 2.45) is 0 Å². The van der Waals surface area contributed by atoms with Crippen LogP contribution in [0, 0.1) is 10.1 Å². The molecule has 114 valence electrons. The lowest BCUT2D eigenvalue weighted by molar-refractivity contribution is -0.384.